The van der Waals surface area contributed by atoms with Crippen molar-refractivity contribution in [2.24, 2.45) is 4.99 Å². The summed E-state index contributed by atoms with van der Waals surface area (Å²) < 4.78 is 0. The summed E-state index contributed by atoms with van der Waals surface area (Å²) in [5.74, 6) is 0. The third-order valence-electron chi connectivity index (χ3n) is 2.47. The molecule has 1 aromatic carbocycles. The first kappa shape index (κ1) is 8.26. The predicted octanol–water partition coefficient (Wildman–Crippen LogP) is 0.852. The first-order chi connectivity index (χ1) is 6.23. The molecule has 3 nitrogen and oxygen atoms in total. The Bertz CT molecular complexity index is 323. The van der Waals surface area contributed by atoms with E-state index in [1.165, 1.54) is 0 Å². The van der Waals surface area contributed by atoms with E-state index in [4.69, 9.17) is 0 Å². The molecule has 3 heteroatoms. The maximum absolute atomic E-state index is 9.64. The predicted molar refractivity (Wildman–Crippen MR) is 51.4 cm³/mol. The van der Waals surface area contributed by atoms with E-state index in [-0.39, 0.29) is 0 Å². The fourth-order valence-corrected chi connectivity index (χ4v) is 1.48. The summed E-state index contributed by atoms with van der Waals surface area (Å²) in [6.45, 7) is 1.93. The van der Waals surface area contributed by atoms with Gasteiger partial charge in [-0.1, -0.05) is 30.3 Å². The van der Waals surface area contributed by atoms with Crippen LogP contribution in [0.4, 0.5) is 0 Å². The Morgan fingerprint density at radius 2 is 2.08 bits per heavy atom. The van der Waals surface area contributed by atoms with Crippen molar-refractivity contribution in [3.05, 3.63) is 35.9 Å². The van der Waals surface area contributed by atoms with Crippen LogP contribution >= 0.6 is 0 Å². The summed E-state index contributed by atoms with van der Waals surface area (Å²) in [5.41, 5.74) is 0.571. The number of aliphatic hydroxyl groups excluding tert-OH is 1. The van der Waals surface area contributed by atoms with Crippen LogP contribution in [0, 0.1) is 0 Å². The van der Waals surface area contributed by atoms with Gasteiger partial charge in [0.1, 0.15) is 5.54 Å². The van der Waals surface area contributed by atoms with Gasteiger partial charge in [0, 0.05) is 0 Å². The zero-order valence-electron chi connectivity index (χ0n) is 7.44. The number of nitrogens with zero attached hydrogens (tertiary/aromatic N) is 1. The summed E-state index contributed by atoms with van der Waals surface area (Å²) in [6.07, 6.45) is 0.854. The lowest BCUT2D eigenvalue weighted by molar-refractivity contribution is 0.104. The number of benzene rings is 1. The number of hydrogen-bond donors (Lipinski definition) is 2. The number of hydrogen-bond acceptors (Lipinski definition) is 3. The van der Waals surface area contributed by atoms with E-state index >= 15 is 0 Å². The van der Waals surface area contributed by atoms with Crippen molar-refractivity contribution in [2.75, 3.05) is 0 Å². The Balaban J connectivity index is 2.36. The van der Waals surface area contributed by atoms with Crippen LogP contribution in [0.15, 0.2) is 35.3 Å². The Kier molecular flexibility index (Phi) is 1.81. The van der Waals surface area contributed by atoms with Gasteiger partial charge >= 0.3 is 0 Å². The van der Waals surface area contributed by atoms with Gasteiger partial charge in [-0.15, -0.1) is 0 Å². The van der Waals surface area contributed by atoms with Gasteiger partial charge in [0.15, 0.2) is 6.23 Å². The molecule has 1 aliphatic rings. The average molecular weight is 176 g/mol. The molecule has 0 saturated carbocycles. The minimum atomic E-state index is -0.699. The topological polar surface area (TPSA) is 44.6 Å². The number of aliphatic hydroxyl groups is 1. The molecular weight excluding hydrogens is 164 g/mol. The molecule has 0 aliphatic carbocycles. The van der Waals surface area contributed by atoms with E-state index in [0.29, 0.717) is 0 Å². The summed E-state index contributed by atoms with van der Waals surface area (Å²) in [7, 11) is 0. The summed E-state index contributed by atoms with van der Waals surface area (Å²) in [4.78, 5) is 3.89. The molecule has 13 heavy (non-hydrogen) atoms. The van der Waals surface area contributed by atoms with Crippen molar-refractivity contribution in [1.82, 2.24) is 5.32 Å². The largest absolute Gasteiger partial charge is 0.369 e. The van der Waals surface area contributed by atoms with Crippen LogP contribution in [0.5, 0.6) is 0 Å². The van der Waals surface area contributed by atoms with Gasteiger partial charge in [-0.05, 0) is 12.5 Å². The summed E-state index contributed by atoms with van der Waals surface area (Å²) in [6, 6.07) is 9.81. The molecule has 0 amide bonds. The fourth-order valence-electron chi connectivity index (χ4n) is 1.48. The lowest BCUT2D eigenvalue weighted by Gasteiger charge is -2.27. The zero-order chi connectivity index (χ0) is 9.31. The van der Waals surface area contributed by atoms with Crippen molar-refractivity contribution in [3.8, 4) is 0 Å². The smallest absolute Gasteiger partial charge is 0.173 e. The van der Waals surface area contributed by atoms with E-state index < -0.39 is 11.8 Å². The molecule has 0 saturated heterocycles. The van der Waals surface area contributed by atoms with Gasteiger partial charge in [-0.3, -0.25) is 0 Å². The third-order valence-corrected chi connectivity index (χ3v) is 2.47. The standard InChI is InChI=1S/C10H12N2O/c1-10(9(13)11-7-12-10)8-5-3-2-4-6-8/h2-7,9,13H,1H3,(H,11,12). The monoisotopic (exact) mass is 176 g/mol. The van der Waals surface area contributed by atoms with Gasteiger partial charge in [0.05, 0.1) is 6.34 Å². The second-order valence-electron chi connectivity index (χ2n) is 3.36. The molecular formula is C10H12N2O. The molecule has 0 radical (unpaired) electrons. The molecule has 2 N–H and O–H groups in total. The SMILES string of the molecule is CC1(c2ccccc2)NC=NC1O. The average Bonchev–Trinajstić information content (AvgIpc) is 2.50. The first-order valence-electron chi connectivity index (χ1n) is 4.26. The highest BCUT2D eigenvalue weighted by Crippen LogP contribution is 2.27. The van der Waals surface area contributed by atoms with E-state index in [1.54, 1.807) is 6.34 Å². The Hall–Kier alpha value is -1.35. The molecule has 1 aliphatic heterocycles. The van der Waals surface area contributed by atoms with E-state index in [9.17, 15) is 5.11 Å². The Morgan fingerprint density at radius 1 is 1.38 bits per heavy atom. The third kappa shape index (κ3) is 1.21. The maximum Gasteiger partial charge on any atom is 0.173 e. The Morgan fingerprint density at radius 3 is 2.62 bits per heavy atom. The van der Waals surface area contributed by atoms with Crippen LogP contribution in [-0.2, 0) is 5.54 Å². The lowest BCUT2D eigenvalue weighted by Crippen LogP contribution is -2.42. The van der Waals surface area contributed by atoms with Crippen LogP contribution in [0.2, 0.25) is 0 Å². The van der Waals surface area contributed by atoms with E-state index in [1.807, 2.05) is 37.3 Å². The maximum atomic E-state index is 9.64. The lowest BCUT2D eigenvalue weighted by atomic mass is 9.91. The highest BCUT2D eigenvalue weighted by molar-refractivity contribution is 5.60. The van der Waals surface area contributed by atoms with E-state index in [0.717, 1.165) is 5.56 Å². The summed E-state index contributed by atoms with van der Waals surface area (Å²) in [5, 5.41) is 12.7. The molecule has 2 unspecified atom stereocenters. The van der Waals surface area contributed by atoms with Crippen LogP contribution in [-0.4, -0.2) is 17.7 Å². The molecule has 2 rings (SSSR count). The van der Waals surface area contributed by atoms with Crippen LogP contribution in [0.3, 0.4) is 0 Å². The molecule has 2 atom stereocenters. The second kappa shape index (κ2) is 2.85. The van der Waals surface area contributed by atoms with Crippen molar-refractivity contribution >= 4 is 6.34 Å². The van der Waals surface area contributed by atoms with Gasteiger partial charge in [-0.2, -0.15) is 0 Å². The van der Waals surface area contributed by atoms with Gasteiger partial charge < -0.3 is 10.4 Å². The fraction of sp³-hybridized carbons (Fsp3) is 0.300. The van der Waals surface area contributed by atoms with Crippen molar-refractivity contribution in [3.63, 3.8) is 0 Å². The van der Waals surface area contributed by atoms with Crippen molar-refractivity contribution in [2.45, 2.75) is 18.7 Å². The molecule has 0 spiro atoms. The minimum Gasteiger partial charge on any atom is -0.369 e. The highest BCUT2D eigenvalue weighted by atomic mass is 16.3. The summed E-state index contributed by atoms with van der Waals surface area (Å²) >= 11 is 0. The van der Waals surface area contributed by atoms with Gasteiger partial charge in [-0.25, -0.2) is 4.99 Å². The Labute approximate surface area is 77.1 Å². The normalized spacial score (nSPS) is 31.7. The minimum absolute atomic E-state index is 0.471. The molecule has 68 valence electrons. The van der Waals surface area contributed by atoms with Gasteiger partial charge in [0.2, 0.25) is 0 Å². The van der Waals surface area contributed by atoms with Crippen LogP contribution in [0.25, 0.3) is 0 Å². The highest BCUT2D eigenvalue weighted by Gasteiger charge is 2.36. The van der Waals surface area contributed by atoms with E-state index in [2.05, 4.69) is 10.3 Å². The number of aliphatic imine (C=N–C) groups is 1. The first-order valence-corrected chi connectivity index (χ1v) is 4.26. The molecule has 1 aromatic rings. The van der Waals surface area contributed by atoms with Crippen LogP contribution < -0.4 is 5.32 Å². The second-order valence-corrected chi connectivity index (χ2v) is 3.36. The molecule has 0 aromatic heterocycles. The molecule has 0 bridgehead atoms. The molecule has 0 fully saturated rings. The number of rotatable bonds is 1. The van der Waals surface area contributed by atoms with Crippen molar-refractivity contribution in [1.29, 1.82) is 0 Å². The van der Waals surface area contributed by atoms with Crippen LogP contribution in [0.1, 0.15) is 12.5 Å². The van der Waals surface area contributed by atoms with Gasteiger partial charge in [0.25, 0.3) is 0 Å². The molecule has 1 heterocycles. The zero-order valence-corrected chi connectivity index (χ0v) is 7.44. The number of nitrogens with one attached hydrogen (secondary N) is 1. The van der Waals surface area contributed by atoms with Crippen molar-refractivity contribution < 1.29 is 5.11 Å². The quantitative estimate of drug-likeness (QED) is 0.666.